The van der Waals surface area contributed by atoms with Gasteiger partial charge in [-0.2, -0.15) is 4.98 Å². The minimum Gasteiger partial charge on any atom is -0.385 e. The average Bonchev–Trinajstić information content (AvgIpc) is 3.72. The van der Waals surface area contributed by atoms with Gasteiger partial charge in [-0.3, -0.25) is 32.5 Å². The number of aliphatic hydroxyl groups is 1. The van der Waals surface area contributed by atoms with Crippen LogP contribution < -0.4 is 17.0 Å². The Hall–Kier alpha value is -3.40. The van der Waals surface area contributed by atoms with Crippen LogP contribution in [0.5, 0.6) is 0 Å². The Morgan fingerprint density at radius 1 is 0.977 bits per heavy atom. The van der Waals surface area contributed by atoms with Gasteiger partial charge >= 0.3 is 15.4 Å². The summed E-state index contributed by atoms with van der Waals surface area (Å²) in [5.74, 6) is -0.148. The van der Waals surface area contributed by atoms with E-state index in [0.717, 1.165) is 10.9 Å². The average molecular weight is 658 g/mol. The molecule has 0 radical (unpaired) electrons. The molecule has 2 bridgehead atoms. The predicted molar refractivity (Wildman–Crippen MR) is 142 cm³/mol. The molecule has 4 aromatic heterocycles. The van der Waals surface area contributed by atoms with Gasteiger partial charge in [-0.05, 0) is 0 Å². The van der Waals surface area contributed by atoms with Crippen molar-refractivity contribution < 1.29 is 51.8 Å². The Kier molecular flexibility index (Phi) is 7.06. The predicted octanol–water partition coefficient (Wildman–Crippen LogP) is -1.31. The van der Waals surface area contributed by atoms with Gasteiger partial charge in [0.15, 0.2) is 41.5 Å². The van der Waals surface area contributed by atoms with Crippen LogP contribution in [0.2, 0.25) is 0 Å². The number of aromatic nitrogens is 8. The summed E-state index contributed by atoms with van der Waals surface area (Å²) < 4.78 is 62.0. The van der Waals surface area contributed by atoms with E-state index in [1.54, 1.807) is 0 Å². The highest BCUT2D eigenvalue weighted by Gasteiger charge is 2.52. The molecule has 24 heteroatoms. The molecule has 2 unspecified atom stereocenters. The molecule has 0 spiro atoms. The van der Waals surface area contributed by atoms with E-state index in [1.807, 2.05) is 0 Å². The van der Waals surface area contributed by atoms with Gasteiger partial charge in [-0.1, -0.05) is 0 Å². The largest absolute Gasteiger partial charge is 0.472 e. The highest BCUT2D eigenvalue weighted by Crippen LogP contribution is 2.53. The molecule has 236 valence electrons. The Bertz CT molecular complexity index is 1900. The Balaban J connectivity index is 1.19. The number of aromatic amines is 1. The second-order valence-corrected chi connectivity index (χ2v) is 13.2. The molecule has 0 amide bonds. The van der Waals surface area contributed by atoms with Crippen molar-refractivity contribution in [1.82, 2.24) is 39.0 Å². The highest BCUT2D eigenvalue weighted by molar-refractivity contribution is 7.52. The van der Waals surface area contributed by atoms with Gasteiger partial charge in [-0.15, -0.1) is 0 Å². The first-order valence-corrected chi connectivity index (χ1v) is 16.1. The number of imidazole rings is 2. The van der Waals surface area contributed by atoms with Crippen LogP contribution in [0.4, 0.5) is 11.8 Å². The maximum absolute atomic E-state index is 13.2. The second-order valence-electron chi connectivity index (χ2n) is 10.0. The first kappa shape index (κ1) is 29.3. The minimum absolute atomic E-state index is 0.0409. The number of anilines is 2. The van der Waals surface area contributed by atoms with Crippen molar-refractivity contribution in [3.63, 3.8) is 0 Å². The van der Waals surface area contributed by atoms with Crippen LogP contribution in [-0.4, -0.2) is 97.6 Å². The molecule has 4 aromatic rings. The van der Waals surface area contributed by atoms with Crippen LogP contribution in [-0.2, 0) is 36.9 Å². The number of nitrogens with two attached hydrogens (primary N) is 2. The van der Waals surface area contributed by atoms with E-state index in [4.69, 9.17) is 39.2 Å². The number of phosphoric acid groups is 1. The molecule has 8 N–H and O–H groups in total. The van der Waals surface area contributed by atoms with Crippen LogP contribution in [0.1, 0.15) is 18.9 Å². The van der Waals surface area contributed by atoms with Crippen LogP contribution >= 0.6 is 15.4 Å². The molecule has 0 aromatic carbocycles. The van der Waals surface area contributed by atoms with Crippen molar-refractivity contribution in [2.24, 2.45) is 0 Å². The molecular weight excluding hydrogens is 634 g/mol. The lowest BCUT2D eigenvalue weighted by Crippen LogP contribution is -2.35. The third-order valence-electron chi connectivity index (χ3n) is 7.13. The van der Waals surface area contributed by atoms with Gasteiger partial charge < -0.3 is 45.1 Å². The Morgan fingerprint density at radius 2 is 1.75 bits per heavy atom. The van der Waals surface area contributed by atoms with Crippen LogP contribution in [0.15, 0.2) is 23.8 Å². The van der Waals surface area contributed by atoms with Gasteiger partial charge in [0, 0.05) is 6.42 Å². The van der Waals surface area contributed by atoms with Crippen LogP contribution in [0.25, 0.3) is 22.3 Å². The number of nitrogens with one attached hydrogen (secondary N) is 1. The van der Waals surface area contributed by atoms with Crippen LogP contribution in [0.3, 0.4) is 0 Å². The zero-order valence-corrected chi connectivity index (χ0v) is 23.9. The maximum atomic E-state index is 13.2. The van der Waals surface area contributed by atoms with Crippen molar-refractivity contribution >= 4 is 49.5 Å². The van der Waals surface area contributed by atoms with Crippen LogP contribution in [0, 0.1) is 0 Å². The molecule has 3 aliphatic rings. The van der Waals surface area contributed by atoms with E-state index >= 15 is 0 Å². The number of nitrogen functional groups attached to an aromatic ring is 2. The van der Waals surface area contributed by atoms with Gasteiger partial charge in [-0.25, -0.2) is 24.5 Å². The van der Waals surface area contributed by atoms with E-state index in [9.17, 15) is 28.8 Å². The molecule has 22 nitrogen and oxygen atoms in total. The third-order valence-corrected chi connectivity index (χ3v) is 9.19. The van der Waals surface area contributed by atoms with E-state index in [-0.39, 0.29) is 29.4 Å². The van der Waals surface area contributed by atoms with E-state index < -0.39 is 77.1 Å². The topological polar surface area (TPSA) is 309 Å². The number of rotatable bonds is 2. The summed E-state index contributed by atoms with van der Waals surface area (Å²) in [6.45, 7) is -0.654. The zero-order valence-electron chi connectivity index (χ0n) is 22.1. The van der Waals surface area contributed by atoms with Crippen molar-refractivity contribution in [1.29, 1.82) is 0 Å². The number of H-pyrrole nitrogens is 1. The van der Waals surface area contributed by atoms with Crippen molar-refractivity contribution in [2.75, 3.05) is 24.4 Å². The van der Waals surface area contributed by atoms with E-state index in [2.05, 4.69) is 29.9 Å². The van der Waals surface area contributed by atoms with Gasteiger partial charge in [0.1, 0.15) is 42.5 Å². The second kappa shape index (κ2) is 10.6. The summed E-state index contributed by atoms with van der Waals surface area (Å²) in [4.78, 5) is 56.1. The summed E-state index contributed by atoms with van der Waals surface area (Å²) in [5.41, 5.74) is 11.2. The fourth-order valence-corrected chi connectivity index (χ4v) is 7.17. The van der Waals surface area contributed by atoms with Gasteiger partial charge in [0.2, 0.25) is 5.95 Å². The molecular formula is C20H24N10O12P2. The van der Waals surface area contributed by atoms with Crippen molar-refractivity contribution in [3.8, 4) is 0 Å². The van der Waals surface area contributed by atoms with E-state index in [1.165, 1.54) is 17.2 Å². The fraction of sp³-hybridized carbons (Fsp3) is 0.500. The molecule has 44 heavy (non-hydrogen) atoms. The number of fused-ring (bicyclic) bond motifs is 5. The van der Waals surface area contributed by atoms with Crippen molar-refractivity contribution in [3.05, 3.63) is 29.3 Å². The molecule has 3 saturated heterocycles. The summed E-state index contributed by atoms with van der Waals surface area (Å²) in [6.07, 6.45) is -7.19. The minimum atomic E-state index is -5.03. The number of hydrogen-bond acceptors (Lipinski definition) is 17. The first-order valence-electron chi connectivity index (χ1n) is 12.8. The normalized spacial score (nSPS) is 36.6. The lowest BCUT2D eigenvalue weighted by atomic mass is 10.2. The standard InChI is InChI=1S/C20H24N10O12P2/c21-14-10-15(24-3-23-14)29(4-25-10)9-1-7-8(39-9)2-38-44(35,36)42-13-12(31)19(37-6-43(33,34)41-7)40-18(13)30-5-26-11-16(30)27-20(22)28-17(11)32/h3-5,7-9,12-13,18-19,31H,1-2,6H2,(H,33,34)(H,35,36)(H2,21,23,24)(H3,22,27,28,32)/t7-,8+,9+,12-,13+,18+,19-/m0/s1. The number of aliphatic hydroxyl groups excluding tert-OH is 1. The summed E-state index contributed by atoms with van der Waals surface area (Å²) in [6, 6.07) is 0. The molecule has 0 saturated carbocycles. The SMILES string of the molecule is Nc1nc2c(ncn2[C@@H]2O[C@@H]3OCP(=O)(O)O[C@H]4C[C@H](n5cnc6c(N)ncnc65)O[C@@H]4COP(=O)(O)O[C@@H]2[C@@H]3O)c(=O)[nH]1. The number of hydrogen-bond donors (Lipinski definition) is 6. The monoisotopic (exact) mass is 658 g/mol. The summed E-state index contributed by atoms with van der Waals surface area (Å²) in [7, 11) is -9.62. The number of ether oxygens (including phenoxy) is 3. The third kappa shape index (κ3) is 5.18. The maximum Gasteiger partial charge on any atom is 0.472 e. The smallest absolute Gasteiger partial charge is 0.385 e. The molecule has 9 atom stereocenters. The first-order chi connectivity index (χ1) is 20.9. The zero-order chi connectivity index (χ0) is 31.0. The molecule has 7 rings (SSSR count). The van der Waals surface area contributed by atoms with Gasteiger partial charge in [0.05, 0.1) is 19.3 Å². The number of phosphoric ester groups is 1. The quantitative estimate of drug-likeness (QED) is 0.136. The molecule has 3 aliphatic heterocycles. The van der Waals surface area contributed by atoms with E-state index in [0.29, 0.717) is 11.2 Å². The highest BCUT2D eigenvalue weighted by atomic mass is 31.2. The number of nitrogens with zero attached hydrogens (tertiary/aromatic N) is 7. The van der Waals surface area contributed by atoms with Gasteiger partial charge in [0.25, 0.3) is 5.56 Å². The Morgan fingerprint density at radius 3 is 2.57 bits per heavy atom. The fourth-order valence-electron chi connectivity index (χ4n) is 5.20. The van der Waals surface area contributed by atoms with Crippen molar-refractivity contribution in [2.45, 2.75) is 49.6 Å². The summed E-state index contributed by atoms with van der Waals surface area (Å²) in [5, 5.41) is 10.9. The lowest BCUT2D eigenvalue weighted by Gasteiger charge is -2.25. The Labute approximate surface area is 244 Å². The molecule has 7 heterocycles. The molecule has 3 fully saturated rings. The lowest BCUT2D eigenvalue weighted by molar-refractivity contribution is -0.168. The summed E-state index contributed by atoms with van der Waals surface area (Å²) >= 11 is 0. The molecule has 0 aliphatic carbocycles.